The Morgan fingerprint density at radius 2 is 0.944 bits per heavy atom. The summed E-state index contributed by atoms with van der Waals surface area (Å²) in [7, 11) is 0. The molecule has 10 nitrogen and oxygen atoms in total. The molecule has 2 amide bonds. The molecule has 2 aromatic carbocycles. The summed E-state index contributed by atoms with van der Waals surface area (Å²) in [5.41, 5.74) is 0. The van der Waals surface area contributed by atoms with Crippen LogP contribution in [-0.2, 0) is 28.7 Å². The molecule has 0 N–H and O–H groups in total. The summed E-state index contributed by atoms with van der Waals surface area (Å²) in [5, 5.41) is 0. The van der Waals surface area contributed by atoms with Crippen molar-refractivity contribution in [2.45, 2.75) is 12.8 Å². The van der Waals surface area contributed by atoms with Gasteiger partial charge >= 0.3 is 11.9 Å². The van der Waals surface area contributed by atoms with E-state index in [1.54, 1.807) is 24.3 Å². The van der Waals surface area contributed by atoms with E-state index in [9.17, 15) is 19.2 Å². The lowest BCUT2D eigenvalue weighted by Gasteiger charge is -2.34. The number of hydrogen-bond donors (Lipinski definition) is 0. The number of piperazine rings is 1. The minimum absolute atomic E-state index is 0.0293. The van der Waals surface area contributed by atoms with Crippen molar-refractivity contribution < 1.29 is 38.1 Å². The number of amides is 2. The Kier molecular flexibility index (Phi) is 10.6. The number of hydrogen-bond acceptors (Lipinski definition) is 8. The fraction of sp³-hybridized carbons (Fsp3) is 0.385. The van der Waals surface area contributed by atoms with Gasteiger partial charge in [0.1, 0.15) is 11.5 Å². The molecule has 0 unspecified atom stereocenters. The SMILES string of the molecule is O=C(CCOc1ccccc1)OCC(=O)N1CCN(C(=O)COC(=O)CCOc2ccccc2)CC1. The summed E-state index contributed by atoms with van der Waals surface area (Å²) in [6.45, 7) is 0.804. The van der Waals surface area contributed by atoms with Gasteiger partial charge in [0, 0.05) is 26.2 Å². The van der Waals surface area contributed by atoms with Gasteiger partial charge in [-0.2, -0.15) is 0 Å². The van der Waals surface area contributed by atoms with Crippen molar-refractivity contribution in [2.75, 3.05) is 52.6 Å². The van der Waals surface area contributed by atoms with E-state index in [-0.39, 0.29) is 51.1 Å². The van der Waals surface area contributed by atoms with Crippen LogP contribution in [0.25, 0.3) is 0 Å². The quantitative estimate of drug-likeness (QED) is 0.407. The van der Waals surface area contributed by atoms with Crippen LogP contribution in [0, 0.1) is 0 Å². The van der Waals surface area contributed by atoms with E-state index in [2.05, 4.69) is 0 Å². The molecule has 10 heteroatoms. The van der Waals surface area contributed by atoms with E-state index in [0.29, 0.717) is 37.7 Å². The van der Waals surface area contributed by atoms with Crippen LogP contribution in [0.5, 0.6) is 11.5 Å². The Hall–Kier alpha value is -4.08. The van der Waals surface area contributed by atoms with E-state index >= 15 is 0 Å². The molecule has 1 saturated heterocycles. The molecule has 1 fully saturated rings. The second-order valence-electron chi connectivity index (χ2n) is 7.91. The predicted octanol–water partition coefficient (Wildman–Crippen LogP) is 1.68. The van der Waals surface area contributed by atoms with Crippen molar-refractivity contribution >= 4 is 23.8 Å². The molecule has 0 radical (unpaired) electrons. The Labute approximate surface area is 209 Å². The highest BCUT2D eigenvalue weighted by molar-refractivity contribution is 5.82. The zero-order valence-electron chi connectivity index (χ0n) is 20.0. The van der Waals surface area contributed by atoms with E-state index in [1.165, 1.54) is 9.80 Å². The molecule has 1 aliphatic heterocycles. The molecule has 0 aliphatic carbocycles. The van der Waals surface area contributed by atoms with Crippen LogP contribution in [0.1, 0.15) is 12.8 Å². The van der Waals surface area contributed by atoms with Gasteiger partial charge in [0.05, 0.1) is 26.1 Å². The standard InChI is InChI=1S/C26H30N2O8/c29-23(19-35-25(31)11-17-33-21-7-3-1-4-8-21)27-13-15-28(16-14-27)24(30)20-36-26(32)12-18-34-22-9-5-2-6-10-22/h1-10H,11-20H2. The average Bonchev–Trinajstić information content (AvgIpc) is 2.91. The minimum atomic E-state index is -0.524. The highest BCUT2D eigenvalue weighted by Gasteiger charge is 2.25. The van der Waals surface area contributed by atoms with Gasteiger partial charge < -0.3 is 28.7 Å². The van der Waals surface area contributed by atoms with Crippen LogP contribution in [0.3, 0.4) is 0 Å². The predicted molar refractivity (Wildman–Crippen MR) is 128 cm³/mol. The number of carbonyl (C=O) groups is 4. The largest absolute Gasteiger partial charge is 0.493 e. The van der Waals surface area contributed by atoms with Gasteiger partial charge in [-0.05, 0) is 24.3 Å². The van der Waals surface area contributed by atoms with Crippen molar-refractivity contribution in [3.8, 4) is 11.5 Å². The van der Waals surface area contributed by atoms with Crippen molar-refractivity contribution in [1.29, 1.82) is 0 Å². The van der Waals surface area contributed by atoms with Gasteiger partial charge in [-0.1, -0.05) is 36.4 Å². The molecule has 0 atom stereocenters. The van der Waals surface area contributed by atoms with Gasteiger partial charge in [0.25, 0.3) is 11.8 Å². The Morgan fingerprint density at radius 3 is 1.31 bits per heavy atom. The molecule has 192 valence electrons. The molecule has 1 aliphatic rings. The Bertz CT molecular complexity index is 910. The first-order valence-corrected chi connectivity index (χ1v) is 11.7. The van der Waals surface area contributed by atoms with Gasteiger partial charge in [-0.15, -0.1) is 0 Å². The van der Waals surface area contributed by atoms with Gasteiger partial charge in [0.2, 0.25) is 0 Å². The lowest BCUT2D eigenvalue weighted by molar-refractivity contribution is -0.156. The second kappa shape index (κ2) is 14.3. The summed E-state index contributed by atoms with van der Waals surface area (Å²) in [4.78, 5) is 51.4. The fourth-order valence-electron chi connectivity index (χ4n) is 3.35. The number of ether oxygens (including phenoxy) is 4. The van der Waals surface area contributed by atoms with Crippen molar-refractivity contribution in [2.24, 2.45) is 0 Å². The number of para-hydroxylation sites is 2. The topological polar surface area (TPSA) is 112 Å². The van der Waals surface area contributed by atoms with Crippen LogP contribution in [-0.4, -0.2) is 86.2 Å². The molecule has 2 aromatic rings. The van der Waals surface area contributed by atoms with Crippen LogP contribution in [0.15, 0.2) is 60.7 Å². The third-order valence-corrected chi connectivity index (χ3v) is 5.33. The normalized spacial score (nSPS) is 13.0. The van der Waals surface area contributed by atoms with Gasteiger partial charge in [0.15, 0.2) is 13.2 Å². The maximum Gasteiger partial charge on any atom is 0.309 e. The molecule has 3 rings (SSSR count). The third kappa shape index (κ3) is 9.28. The van der Waals surface area contributed by atoms with Crippen LogP contribution < -0.4 is 9.47 Å². The number of esters is 2. The smallest absolute Gasteiger partial charge is 0.309 e. The van der Waals surface area contributed by atoms with Gasteiger partial charge in [-0.3, -0.25) is 19.2 Å². The lowest BCUT2D eigenvalue weighted by atomic mass is 10.3. The van der Waals surface area contributed by atoms with Crippen molar-refractivity contribution in [3.63, 3.8) is 0 Å². The van der Waals surface area contributed by atoms with E-state index in [0.717, 1.165) is 0 Å². The highest BCUT2D eigenvalue weighted by atomic mass is 16.5. The number of nitrogens with zero attached hydrogens (tertiary/aromatic N) is 2. The Morgan fingerprint density at radius 1 is 0.583 bits per heavy atom. The maximum atomic E-state index is 12.3. The minimum Gasteiger partial charge on any atom is -0.493 e. The van der Waals surface area contributed by atoms with E-state index in [4.69, 9.17) is 18.9 Å². The molecular weight excluding hydrogens is 468 g/mol. The molecular formula is C26H30N2O8. The zero-order chi connectivity index (χ0) is 25.6. The molecule has 0 bridgehead atoms. The third-order valence-electron chi connectivity index (χ3n) is 5.33. The van der Waals surface area contributed by atoms with Crippen molar-refractivity contribution in [1.82, 2.24) is 9.80 Å². The molecule has 0 saturated carbocycles. The lowest BCUT2D eigenvalue weighted by Crippen LogP contribution is -2.52. The summed E-state index contributed by atoms with van der Waals surface area (Å²) in [6, 6.07) is 18.2. The zero-order valence-corrected chi connectivity index (χ0v) is 20.0. The summed E-state index contributed by atoms with van der Waals surface area (Å²) in [6.07, 6.45) is 0.0586. The second-order valence-corrected chi connectivity index (χ2v) is 7.91. The maximum absolute atomic E-state index is 12.3. The number of benzene rings is 2. The summed E-state index contributed by atoms with van der Waals surface area (Å²) < 4.78 is 20.9. The first-order chi connectivity index (χ1) is 17.5. The molecule has 1 heterocycles. The average molecular weight is 499 g/mol. The van der Waals surface area contributed by atoms with Crippen LogP contribution in [0.2, 0.25) is 0 Å². The van der Waals surface area contributed by atoms with Crippen LogP contribution >= 0.6 is 0 Å². The summed E-state index contributed by atoms with van der Waals surface area (Å²) in [5.74, 6) is -0.400. The van der Waals surface area contributed by atoms with E-state index in [1.807, 2.05) is 36.4 Å². The number of carbonyl (C=O) groups excluding carboxylic acids is 4. The summed E-state index contributed by atoms with van der Waals surface area (Å²) >= 11 is 0. The Balaban J connectivity index is 1.24. The molecule has 36 heavy (non-hydrogen) atoms. The van der Waals surface area contributed by atoms with Crippen molar-refractivity contribution in [3.05, 3.63) is 60.7 Å². The molecule has 0 aromatic heterocycles. The van der Waals surface area contributed by atoms with Crippen LogP contribution in [0.4, 0.5) is 0 Å². The van der Waals surface area contributed by atoms with Gasteiger partial charge in [-0.25, -0.2) is 0 Å². The highest BCUT2D eigenvalue weighted by Crippen LogP contribution is 2.10. The fourth-order valence-corrected chi connectivity index (χ4v) is 3.35. The molecule has 0 spiro atoms. The monoisotopic (exact) mass is 498 g/mol. The first kappa shape index (κ1) is 26.5. The first-order valence-electron chi connectivity index (χ1n) is 11.7. The van der Waals surface area contributed by atoms with E-state index < -0.39 is 11.9 Å². The number of rotatable bonds is 12.